The lowest BCUT2D eigenvalue weighted by molar-refractivity contribution is 0.0982. The van der Waals surface area contributed by atoms with Crippen molar-refractivity contribution in [1.29, 1.82) is 0 Å². The molecular weight excluding hydrogens is 528 g/mol. The first-order valence-corrected chi connectivity index (χ1v) is 16.5. The number of hydrogen-bond donors (Lipinski definition) is 1. The van der Waals surface area contributed by atoms with E-state index in [4.69, 9.17) is 16.3 Å². The SMILES string of the molecule is CCCc1cc(Cl)ccc1C1(C)COc2ccc3cc2N(CC2CCC2CCCCC(C)CS(=O)NC3=O)C1. The summed E-state index contributed by atoms with van der Waals surface area (Å²) in [4.78, 5) is 15.6. The van der Waals surface area contributed by atoms with Crippen LogP contribution < -0.4 is 14.4 Å². The molecule has 7 heteroatoms. The molecule has 3 aliphatic rings. The number of aryl methyl sites for hydroxylation is 1. The molecule has 0 saturated heterocycles. The number of halogens is 1. The second kappa shape index (κ2) is 12.2. The molecule has 5 rings (SSSR count). The number of benzene rings is 2. The van der Waals surface area contributed by atoms with Crippen LogP contribution in [0.5, 0.6) is 5.75 Å². The molecule has 2 heterocycles. The number of carbonyl (C=O) groups is 1. The minimum absolute atomic E-state index is 0.242. The number of carbonyl (C=O) groups excluding carboxylic acids is 1. The van der Waals surface area contributed by atoms with E-state index in [1.165, 1.54) is 36.8 Å². The van der Waals surface area contributed by atoms with Gasteiger partial charge >= 0.3 is 0 Å². The fourth-order valence-corrected chi connectivity index (χ4v) is 8.04. The minimum atomic E-state index is -1.39. The third-order valence-electron chi connectivity index (χ3n) is 9.08. The number of hydrogen-bond acceptors (Lipinski definition) is 4. The predicted octanol–water partition coefficient (Wildman–Crippen LogP) is 7.08. The van der Waals surface area contributed by atoms with Crippen molar-refractivity contribution in [1.82, 2.24) is 4.72 Å². The van der Waals surface area contributed by atoms with Gasteiger partial charge in [0.05, 0.1) is 12.3 Å². The normalized spacial score (nSPS) is 29.8. The van der Waals surface area contributed by atoms with Crippen LogP contribution in [-0.4, -0.2) is 35.6 Å². The van der Waals surface area contributed by atoms with Gasteiger partial charge in [0, 0.05) is 34.8 Å². The molecule has 2 aliphatic heterocycles. The Balaban J connectivity index is 1.52. The number of nitrogens with zero attached hydrogens (tertiary/aromatic N) is 1. The zero-order valence-electron chi connectivity index (χ0n) is 23.6. The van der Waals surface area contributed by atoms with Gasteiger partial charge in [0.15, 0.2) is 0 Å². The van der Waals surface area contributed by atoms with Crippen LogP contribution in [-0.2, 0) is 22.8 Å². The fraction of sp³-hybridized carbons (Fsp3) is 0.594. The van der Waals surface area contributed by atoms with E-state index in [1.807, 2.05) is 18.2 Å². The molecule has 0 aromatic heterocycles. The van der Waals surface area contributed by atoms with Crippen molar-refractivity contribution in [2.75, 3.05) is 30.3 Å². The number of ether oxygens (including phenoxy) is 1. The predicted molar refractivity (Wildman–Crippen MR) is 161 cm³/mol. The summed E-state index contributed by atoms with van der Waals surface area (Å²) >= 11 is 6.43. The Kier molecular flexibility index (Phi) is 8.92. The first kappa shape index (κ1) is 28.5. The number of anilines is 1. The third kappa shape index (κ3) is 6.48. The number of fused-ring (bicyclic) bond motifs is 2. The molecule has 0 spiro atoms. The van der Waals surface area contributed by atoms with E-state index >= 15 is 0 Å². The van der Waals surface area contributed by atoms with E-state index in [-0.39, 0.29) is 11.3 Å². The summed E-state index contributed by atoms with van der Waals surface area (Å²) in [5, 5.41) is 0.772. The molecule has 1 N–H and O–H groups in total. The van der Waals surface area contributed by atoms with Crippen molar-refractivity contribution in [2.24, 2.45) is 17.8 Å². The van der Waals surface area contributed by atoms with Crippen LogP contribution in [0, 0.1) is 17.8 Å². The first-order valence-electron chi connectivity index (χ1n) is 14.8. The monoisotopic (exact) mass is 570 g/mol. The van der Waals surface area contributed by atoms with E-state index in [0.29, 0.717) is 29.8 Å². The summed E-state index contributed by atoms with van der Waals surface area (Å²) in [6.45, 7) is 8.96. The van der Waals surface area contributed by atoms with Crippen LogP contribution >= 0.6 is 11.6 Å². The van der Waals surface area contributed by atoms with E-state index in [1.54, 1.807) is 6.07 Å². The zero-order chi connectivity index (χ0) is 27.6. The van der Waals surface area contributed by atoms with Crippen LogP contribution in [0.3, 0.4) is 0 Å². The lowest BCUT2D eigenvalue weighted by Gasteiger charge is -2.43. The minimum Gasteiger partial charge on any atom is -0.490 e. The molecule has 212 valence electrons. The molecule has 39 heavy (non-hydrogen) atoms. The third-order valence-corrected chi connectivity index (χ3v) is 10.6. The Morgan fingerprint density at radius 3 is 2.67 bits per heavy atom. The number of amides is 1. The molecule has 1 aliphatic carbocycles. The van der Waals surface area contributed by atoms with Crippen molar-refractivity contribution in [3.8, 4) is 5.75 Å². The first-order chi connectivity index (χ1) is 18.8. The summed E-state index contributed by atoms with van der Waals surface area (Å²) in [6, 6.07) is 12.0. The van der Waals surface area contributed by atoms with Gasteiger partial charge in [-0.2, -0.15) is 0 Å². The van der Waals surface area contributed by atoms with Crippen molar-refractivity contribution >= 4 is 34.2 Å². The summed E-state index contributed by atoms with van der Waals surface area (Å²) in [7, 11) is -1.39. The number of rotatable bonds is 3. The molecule has 2 aromatic carbocycles. The lowest BCUT2D eigenvalue weighted by Crippen LogP contribution is -2.46. The highest BCUT2D eigenvalue weighted by molar-refractivity contribution is 7.83. The molecule has 1 fully saturated rings. The molecule has 5 atom stereocenters. The maximum atomic E-state index is 13.1. The van der Waals surface area contributed by atoms with Gasteiger partial charge < -0.3 is 9.64 Å². The summed E-state index contributed by atoms with van der Waals surface area (Å²) in [5.41, 5.74) is 3.83. The summed E-state index contributed by atoms with van der Waals surface area (Å²) < 4.78 is 22.0. The Morgan fingerprint density at radius 1 is 1.10 bits per heavy atom. The van der Waals surface area contributed by atoms with Crippen LogP contribution in [0.4, 0.5) is 5.69 Å². The Morgan fingerprint density at radius 2 is 1.90 bits per heavy atom. The topological polar surface area (TPSA) is 58.6 Å². The van der Waals surface area contributed by atoms with Gasteiger partial charge in [-0.15, -0.1) is 0 Å². The highest BCUT2D eigenvalue weighted by atomic mass is 35.5. The largest absolute Gasteiger partial charge is 0.490 e. The van der Waals surface area contributed by atoms with Gasteiger partial charge in [-0.1, -0.05) is 64.1 Å². The molecule has 5 unspecified atom stereocenters. The lowest BCUT2D eigenvalue weighted by atomic mass is 9.70. The maximum absolute atomic E-state index is 13.1. The average molecular weight is 571 g/mol. The van der Waals surface area contributed by atoms with Crippen LogP contribution in [0.25, 0.3) is 0 Å². The van der Waals surface area contributed by atoms with Crippen LogP contribution in [0.2, 0.25) is 5.02 Å². The Hall–Kier alpha value is -2.05. The standard InChI is InChI=1S/C32H43ClN2O3S/c1-4-7-24-16-27(33)13-14-28(24)32(3)20-35-18-26-11-10-23(26)9-6-5-8-22(2)19-39(37)34-31(36)25-12-15-30(38-21-32)29(35)17-25/h12-17,22-23,26H,4-11,18-21H2,1-3H3,(H,34,36). The van der Waals surface area contributed by atoms with Gasteiger partial charge in [-0.25, -0.2) is 4.21 Å². The second-order valence-corrected chi connectivity index (χ2v) is 14.1. The van der Waals surface area contributed by atoms with E-state index in [0.717, 1.165) is 61.2 Å². The van der Waals surface area contributed by atoms with Crippen LogP contribution in [0.1, 0.15) is 87.2 Å². The molecule has 2 aromatic rings. The van der Waals surface area contributed by atoms with E-state index in [2.05, 4.69) is 42.5 Å². The van der Waals surface area contributed by atoms with Crippen molar-refractivity contribution in [3.05, 3.63) is 58.1 Å². The Labute approximate surface area is 241 Å². The quantitative estimate of drug-likeness (QED) is 0.428. The van der Waals surface area contributed by atoms with Gasteiger partial charge in [-0.05, 0) is 84.9 Å². The highest BCUT2D eigenvalue weighted by Gasteiger charge is 2.39. The van der Waals surface area contributed by atoms with Gasteiger partial charge in [-0.3, -0.25) is 9.52 Å². The fourth-order valence-electron chi connectivity index (χ4n) is 6.76. The van der Waals surface area contributed by atoms with Gasteiger partial charge in [0.25, 0.3) is 5.91 Å². The van der Waals surface area contributed by atoms with Crippen molar-refractivity contribution < 1.29 is 13.7 Å². The smallest absolute Gasteiger partial charge is 0.263 e. The van der Waals surface area contributed by atoms with Gasteiger partial charge in [0.2, 0.25) is 0 Å². The average Bonchev–Trinajstić information content (AvgIpc) is 3.02. The molecule has 0 radical (unpaired) electrons. The molecule has 1 saturated carbocycles. The zero-order valence-corrected chi connectivity index (χ0v) is 25.2. The molecule has 1 amide bonds. The van der Waals surface area contributed by atoms with E-state index < -0.39 is 11.0 Å². The maximum Gasteiger partial charge on any atom is 0.263 e. The van der Waals surface area contributed by atoms with Gasteiger partial charge in [0.1, 0.15) is 16.7 Å². The Bertz CT molecular complexity index is 1220. The molecule has 5 nitrogen and oxygen atoms in total. The summed E-state index contributed by atoms with van der Waals surface area (Å²) in [5.74, 6) is 2.75. The molecule has 2 bridgehead atoms. The van der Waals surface area contributed by atoms with Crippen molar-refractivity contribution in [3.63, 3.8) is 0 Å². The van der Waals surface area contributed by atoms with Crippen LogP contribution in [0.15, 0.2) is 36.4 Å². The number of nitrogens with one attached hydrogen (secondary N) is 1. The summed E-state index contributed by atoms with van der Waals surface area (Å²) in [6.07, 6.45) is 9.29. The second-order valence-electron chi connectivity index (χ2n) is 12.4. The van der Waals surface area contributed by atoms with E-state index in [9.17, 15) is 9.00 Å². The highest BCUT2D eigenvalue weighted by Crippen LogP contribution is 2.44. The van der Waals surface area contributed by atoms with Crippen molar-refractivity contribution in [2.45, 2.75) is 77.6 Å². The molecular formula is C32H43ClN2O3S.